The maximum Gasteiger partial charge on any atom is 0.224 e. The second-order valence-electron chi connectivity index (χ2n) is 4.68. The highest BCUT2D eigenvalue weighted by Crippen LogP contribution is 2.31. The van der Waals surface area contributed by atoms with Gasteiger partial charge in [-0.05, 0) is 0 Å². The van der Waals surface area contributed by atoms with E-state index in [1.165, 1.54) is 13.4 Å². The van der Waals surface area contributed by atoms with Crippen LogP contribution in [0.3, 0.4) is 0 Å². The van der Waals surface area contributed by atoms with Gasteiger partial charge in [0.05, 0.1) is 26.1 Å². The first-order chi connectivity index (χ1) is 10.1. The summed E-state index contributed by atoms with van der Waals surface area (Å²) in [5, 5.41) is 19.0. The monoisotopic (exact) mass is 296 g/mol. The number of imidazole rings is 1. The molecule has 1 saturated heterocycles. The van der Waals surface area contributed by atoms with Crippen LogP contribution in [-0.2, 0) is 9.57 Å². The molecular weight excluding hydrogens is 280 g/mol. The second kappa shape index (κ2) is 5.41. The standard InChI is InChI=1S/C11H16N6O4/c1-20-16-9-8-10(15-11(12)14-9)17(4-13-8)7-2-5(19)6(3-18)21-7/h4-7,18-19H,2-3H2,1H3,(H3,12,14,15,16)/t5-,6+,7+/m0/s1. The first-order valence-electron chi connectivity index (χ1n) is 6.37. The van der Waals surface area contributed by atoms with Crippen molar-refractivity contribution >= 4 is 22.9 Å². The zero-order chi connectivity index (χ0) is 15.0. The van der Waals surface area contributed by atoms with Gasteiger partial charge in [0.1, 0.15) is 12.3 Å². The van der Waals surface area contributed by atoms with Gasteiger partial charge in [-0.2, -0.15) is 9.97 Å². The number of nitrogens with one attached hydrogen (secondary N) is 1. The summed E-state index contributed by atoms with van der Waals surface area (Å²) in [7, 11) is 1.45. The first kappa shape index (κ1) is 13.9. The van der Waals surface area contributed by atoms with Crippen LogP contribution < -0.4 is 11.2 Å². The number of hydrogen-bond donors (Lipinski definition) is 4. The molecule has 21 heavy (non-hydrogen) atoms. The highest BCUT2D eigenvalue weighted by atomic mass is 16.6. The molecule has 10 heteroatoms. The molecule has 0 unspecified atom stereocenters. The lowest BCUT2D eigenvalue weighted by molar-refractivity contribution is -0.0432. The molecule has 1 aliphatic rings. The van der Waals surface area contributed by atoms with Crippen LogP contribution in [0.25, 0.3) is 11.2 Å². The van der Waals surface area contributed by atoms with Crippen molar-refractivity contribution < 1.29 is 19.8 Å². The minimum atomic E-state index is -0.742. The Hall–Kier alpha value is -2.01. The third-order valence-corrected chi connectivity index (χ3v) is 3.33. The number of hydrogen-bond acceptors (Lipinski definition) is 9. The quantitative estimate of drug-likeness (QED) is 0.524. The van der Waals surface area contributed by atoms with Crippen molar-refractivity contribution in [1.82, 2.24) is 19.5 Å². The van der Waals surface area contributed by atoms with Crippen LogP contribution in [-0.4, -0.2) is 55.7 Å². The maximum absolute atomic E-state index is 9.82. The van der Waals surface area contributed by atoms with Crippen molar-refractivity contribution in [3.8, 4) is 0 Å². The van der Waals surface area contributed by atoms with E-state index in [9.17, 15) is 5.11 Å². The third-order valence-electron chi connectivity index (χ3n) is 3.33. The molecule has 1 fully saturated rings. The summed E-state index contributed by atoms with van der Waals surface area (Å²) >= 11 is 0. The molecule has 3 heterocycles. The number of ether oxygens (including phenoxy) is 1. The highest BCUT2D eigenvalue weighted by Gasteiger charge is 2.35. The SMILES string of the molecule is CONc1nc(N)nc2c1ncn2[C@H]1C[C@H](O)[C@@H](CO)O1. The summed E-state index contributed by atoms with van der Waals surface area (Å²) in [6.07, 6.45) is 0.00738. The van der Waals surface area contributed by atoms with E-state index in [1.807, 2.05) is 0 Å². The lowest BCUT2D eigenvalue weighted by atomic mass is 10.2. The van der Waals surface area contributed by atoms with E-state index in [1.54, 1.807) is 4.57 Å². The average molecular weight is 296 g/mol. The van der Waals surface area contributed by atoms with E-state index in [-0.39, 0.29) is 12.6 Å². The highest BCUT2D eigenvalue weighted by molar-refractivity contribution is 5.83. The lowest BCUT2D eigenvalue weighted by Gasteiger charge is -2.13. The van der Waals surface area contributed by atoms with E-state index in [2.05, 4.69) is 20.4 Å². The van der Waals surface area contributed by atoms with Crippen LogP contribution in [0.1, 0.15) is 12.6 Å². The number of nitrogens with two attached hydrogens (primary N) is 1. The molecule has 5 N–H and O–H groups in total. The molecule has 0 spiro atoms. The van der Waals surface area contributed by atoms with Gasteiger partial charge in [0.25, 0.3) is 0 Å². The van der Waals surface area contributed by atoms with E-state index in [4.69, 9.17) is 20.4 Å². The van der Waals surface area contributed by atoms with Gasteiger partial charge in [-0.3, -0.25) is 9.40 Å². The van der Waals surface area contributed by atoms with Crippen molar-refractivity contribution in [3.05, 3.63) is 6.33 Å². The Kier molecular flexibility index (Phi) is 3.59. The minimum Gasteiger partial charge on any atom is -0.394 e. The van der Waals surface area contributed by atoms with Gasteiger partial charge in [0.2, 0.25) is 5.95 Å². The number of nitrogen functional groups attached to an aromatic ring is 1. The van der Waals surface area contributed by atoms with Crippen molar-refractivity contribution in [3.63, 3.8) is 0 Å². The maximum atomic E-state index is 9.82. The van der Waals surface area contributed by atoms with Crippen LogP contribution in [0.5, 0.6) is 0 Å². The molecule has 0 aromatic carbocycles. The predicted octanol–water partition coefficient (Wildman–Crippen LogP) is -0.978. The number of rotatable bonds is 4. The number of aliphatic hydroxyl groups is 2. The fourth-order valence-corrected chi connectivity index (χ4v) is 2.36. The summed E-state index contributed by atoms with van der Waals surface area (Å²) in [4.78, 5) is 17.2. The Balaban J connectivity index is 2.01. The molecule has 0 aliphatic carbocycles. The average Bonchev–Trinajstić information content (AvgIpc) is 3.02. The molecule has 1 aliphatic heterocycles. The molecule has 0 radical (unpaired) electrons. The largest absolute Gasteiger partial charge is 0.394 e. The fourth-order valence-electron chi connectivity index (χ4n) is 2.36. The predicted molar refractivity (Wildman–Crippen MR) is 72.0 cm³/mol. The molecular formula is C11H16N6O4. The zero-order valence-electron chi connectivity index (χ0n) is 11.3. The van der Waals surface area contributed by atoms with Crippen LogP contribution in [0, 0.1) is 0 Å². The van der Waals surface area contributed by atoms with E-state index >= 15 is 0 Å². The van der Waals surface area contributed by atoms with Gasteiger partial charge in [0, 0.05) is 6.42 Å². The second-order valence-corrected chi connectivity index (χ2v) is 4.68. The van der Waals surface area contributed by atoms with E-state index < -0.39 is 18.4 Å². The molecule has 3 atom stereocenters. The Morgan fingerprint density at radius 1 is 1.57 bits per heavy atom. The Bertz CT molecular complexity index is 647. The van der Waals surface area contributed by atoms with Gasteiger partial charge in [-0.25, -0.2) is 10.5 Å². The molecule has 0 bridgehead atoms. The van der Waals surface area contributed by atoms with Crippen molar-refractivity contribution in [2.24, 2.45) is 0 Å². The normalized spacial score (nSPS) is 25.6. The van der Waals surface area contributed by atoms with E-state index in [0.717, 1.165) is 0 Å². The molecule has 0 saturated carbocycles. The van der Waals surface area contributed by atoms with Gasteiger partial charge in [0.15, 0.2) is 17.0 Å². The third kappa shape index (κ3) is 2.38. The molecule has 3 rings (SSSR count). The lowest BCUT2D eigenvalue weighted by Crippen LogP contribution is -2.24. The topological polar surface area (TPSA) is 141 Å². The smallest absolute Gasteiger partial charge is 0.224 e. The number of anilines is 2. The Morgan fingerprint density at radius 2 is 2.38 bits per heavy atom. The molecule has 10 nitrogen and oxygen atoms in total. The number of fused-ring (bicyclic) bond motifs is 1. The summed E-state index contributed by atoms with van der Waals surface area (Å²) in [6.45, 7) is -0.252. The molecule has 2 aromatic rings. The molecule has 2 aromatic heterocycles. The van der Waals surface area contributed by atoms with Crippen molar-refractivity contribution in [2.75, 3.05) is 24.9 Å². The number of nitrogens with zero attached hydrogens (tertiary/aromatic N) is 4. The van der Waals surface area contributed by atoms with Crippen LogP contribution in [0.15, 0.2) is 6.33 Å². The van der Waals surface area contributed by atoms with Crippen LogP contribution in [0.4, 0.5) is 11.8 Å². The van der Waals surface area contributed by atoms with Gasteiger partial charge in [-0.15, -0.1) is 0 Å². The number of aromatic nitrogens is 4. The zero-order valence-corrected chi connectivity index (χ0v) is 11.3. The van der Waals surface area contributed by atoms with Crippen LogP contribution in [0.2, 0.25) is 0 Å². The van der Waals surface area contributed by atoms with Gasteiger partial charge in [-0.1, -0.05) is 0 Å². The van der Waals surface area contributed by atoms with Crippen molar-refractivity contribution in [2.45, 2.75) is 24.9 Å². The first-order valence-corrected chi connectivity index (χ1v) is 6.37. The Labute approximate surface area is 119 Å². The number of aliphatic hydroxyl groups excluding tert-OH is 2. The minimum absolute atomic E-state index is 0.0565. The van der Waals surface area contributed by atoms with Gasteiger partial charge < -0.3 is 20.7 Å². The van der Waals surface area contributed by atoms with E-state index in [0.29, 0.717) is 23.4 Å². The summed E-state index contributed by atoms with van der Waals surface area (Å²) < 4.78 is 7.23. The summed E-state index contributed by atoms with van der Waals surface area (Å²) in [6, 6.07) is 0. The Morgan fingerprint density at radius 3 is 3.05 bits per heavy atom. The van der Waals surface area contributed by atoms with Gasteiger partial charge >= 0.3 is 0 Å². The summed E-state index contributed by atoms with van der Waals surface area (Å²) in [5.41, 5.74) is 9.19. The molecule has 0 amide bonds. The molecule has 114 valence electrons. The van der Waals surface area contributed by atoms with Crippen molar-refractivity contribution in [1.29, 1.82) is 0 Å². The fraction of sp³-hybridized carbons (Fsp3) is 0.545. The van der Waals surface area contributed by atoms with Crippen LogP contribution >= 0.6 is 0 Å². The summed E-state index contributed by atoms with van der Waals surface area (Å²) in [5.74, 6) is 0.400.